The van der Waals surface area contributed by atoms with Crippen molar-refractivity contribution >= 4 is 22.7 Å². The van der Waals surface area contributed by atoms with E-state index in [2.05, 4.69) is 10.1 Å². The lowest BCUT2D eigenvalue weighted by atomic mass is 9.97. The maximum absolute atomic E-state index is 13.1. The number of fused-ring (bicyclic) bond motifs is 1. The molecule has 3 heterocycles. The topological polar surface area (TPSA) is 83.0 Å². The van der Waals surface area contributed by atoms with Crippen LogP contribution < -0.4 is 5.56 Å². The molecule has 8 heteroatoms. The number of rotatable bonds is 5. The van der Waals surface area contributed by atoms with Crippen molar-refractivity contribution in [2.45, 2.75) is 62.6 Å². The van der Waals surface area contributed by atoms with E-state index in [-0.39, 0.29) is 17.1 Å². The van der Waals surface area contributed by atoms with Gasteiger partial charge in [-0.15, -0.1) is 0 Å². The van der Waals surface area contributed by atoms with Gasteiger partial charge in [0.15, 0.2) is 11.0 Å². The summed E-state index contributed by atoms with van der Waals surface area (Å²) < 4.78 is 12.8. The highest BCUT2D eigenvalue weighted by molar-refractivity contribution is 7.98. The number of ether oxygens (including phenoxy) is 1. The molecule has 0 N–H and O–H groups in total. The minimum atomic E-state index is -0.195. The Kier molecular flexibility index (Phi) is 5.25. The molecule has 7 nitrogen and oxygen atoms in total. The maximum atomic E-state index is 13.1. The van der Waals surface area contributed by atoms with Crippen LogP contribution in [0.1, 0.15) is 45.3 Å². The van der Waals surface area contributed by atoms with Crippen molar-refractivity contribution in [2.75, 3.05) is 6.61 Å². The average molecular weight is 401 g/mol. The minimum absolute atomic E-state index is 0.0351. The third-order valence-corrected chi connectivity index (χ3v) is 5.65. The van der Waals surface area contributed by atoms with Gasteiger partial charge in [0.25, 0.3) is 5.56 Å². The highest BCUT2D eigenvalue weighted by Gasteiger charge is 2.23. The largest absolute Gasteiger partial charge is 0.376 e. The van der Waals surface area contributed by atoms with E-state index in [9.17, 15) is 4.79 Å². The van der Waals surface area contributed by atoms with E-state index in [1.54, 1.807) is 4.57 Å². The first-order chi connectivity index (χ1) is 13.4. The van der Waals surface area contributed by atoms with Crippen LogP contribution in [-0.2, 0) is 22.4 Å². The van der Waals surface area contributed by atoms with Gasteiger partial charge in [-0.3, -0.25) is 9.36 Å². The Hall–Kier alpha value is -2.19. The van der Waals surface area contributed by atoms with Crippen LogP contribution in [0.2, 0.25) is 0 Å². The van der Waals surface area contributed by atoms with Crippen LogP contribution in [-0.4, -0.2) is 32.4 Å². The molecule has 0 saturated carbocycles. The first kappa shape index (κ1) is 19.1. The average Bonchev–Trinajstić information content (AvgIpc) is 3.34. The Morgan fingerprint density at radius 2 is 2.07 bits per heavy atom. The van der Waals surface area contributed by atoms with Gasteiger partial charge in [0.2, 0.25) is 5.89 Å². The zero-order valence-electron chi connectivity index (χ0n) is 16.3. The maximum Gasteiger partial charge on any atom is 0.262 e. The fourth-order valence-electron chi connectivity index (χ4n) is 3.16. The zero-order valence-corrected chi connectivity index (χ0v) is 17.2. The van der Waals surface area contributed by atoms with Gasteiger partial charge in [0, 0.05) is 12.0 Å². The van der Waals surface area contributed by atoms with Crippen molar-refractivity contribution in [1.29, 1.82) is 0 Å². The number of hydrogen-bond donors (Lipinski definition) is 0. The molecular weight excluding hydrogens is 376 g/mol. The second-order valence-electron chi connectivity index (χ2n) is 8.02. The molecule has 1 atom stereocenters. The van der Waals surface area contributed by atoms with Crippen molar-refractivity contribution in [3.05, 3.63) is 46.3 Å². The summed E-state index contributed by atoms with van der Waals surface area (Å²) in [5.74, 6) is 1.68. The number of para-hydroxylation sites is 1. The highest BCUT2D eigenvalue weighted by atomic mass is 32.2. The third kappa shape index (κ3) is 3.98. The lowest BCUT2D eigenvalue weighted by Gasteiger charge is -2.16. The van der Waals surface area contributed by atoms with Gasteiger partial charge in [-0.05, 0) is 25.0 Å². The standard InChI is InChI=1S/C20H24N4O3S/c1-20(2,3)18-22-16(23-27-18)12-28-19-21-15-9-5-4-8-14(15)17(25)24(19)11-13-7-6-10-26-13/h4-5,8-9,13H,6-7,10-12H2,1-3H3/t13-/m0/s1. The molecule has 0 unspecified atom stereocenters. The number of aromatic nitrogens is 4. The molecule has 1 aliphatic heterocycles. The van der Waals surface area contributed by atoms with E-state index < -0.39 is 0 Å². The van der Waals surface area contributed by atoms with Crippen LogP contribution >= 0.6 is 11.8 Å². The molecule has 1 saturated heterocycles. The molecule has 28 heavy (non-hydrogen) atoms. The number of hydrogen-bond acceptors (Lipinski definition) is 7. The van der Waals surface area contributed by atoms with Gasteiger partial charge in [0.05, 0.1) is 29.3 Å². The monoisotopic (exact) mass is 400 g/mol. The first-order valence-electron chi connectivity index (χ1n) is 9.49. The summed E-state index contributed by atoms with van der Waals surface area (Å²) in [4.78, 5) is 22.3. The molecular formula is C20H24N4O3S. The summed E-state index contributed by atoms with van der Waals surface area (Å²) in [5, 5.41) is 5.35. The van der Waals surface area contributed by atoms with E-state index in [4.69, 9.17) is 14.2 Å². The lowest BCUT2D eigenvalue weighted by molar-refractivity contribution is 0.0937. The molecule has 0 spiro atoms. The van der Waals surface area contributed by atoms with Crippen molar-refractivity contribution in [3.63, 3.8) is 0 Å². The van der Waals surface area contributed by atoms with Crippen LogP contribution in [0.3, 0.4) is 0 Å². The fourth-order valence-corrected chi connectivity index (χ4v) is 4.01. The second-order valence-corrected chi connectivity index (χ2v) is 8.96. The van der Waals surface area contributed by atoms with Gasteiger partial charge >= 0.3 is 0 Å². The molecule has 0 aliphatic carbocycles. The van der Waals surface area contributed by atoms with Crippen molar-refractivity contribution in [2.24, 2.45) is 0 Å². The Bertz CT molecular complexity index is 1030. The van der Waals surface area contributed by atoms with Crippen molar-refractivity contribution < 1.29 is 9.26 Å². The number of thioether (sulfide) groups is 1. The molecule has 2 aromatic heterocycles. The molecule has 1 aromatic carbocycles. The Morgan fingerprint density at radius 1 is 1.25 bits per heavy atom. The quantitative estimate of drug-likeness (QED) is 0.478. The molecule has 0 bridgehead atoms. The van der Waals surface area contributed by atoms with E-state index in [0.29, 0.717) is 40.1 Å². The minimum Gasteiger partial charge on any atom is -0.376 e. The Morgan fingerprint density at radius 3 is 2.79 bits per heavy atom. The summed E-state index contributed by atoms with van der Waals surface area (Å²) in [6.45, 7) is 7.35. The third-order valence-electron chi connectivity index (χ3n) is 4.68. The fraction of sp³-hybridized carbons (Fsp3) is 0.500. The summed E-state index contributed by atoms with van der Waals surface area (Å²) >= 11 is 1.45. The van der Waals surface area contributed by atoms with E-state index in [0.717, 1.165) is 19.4 Å². The van der Waals surface area contributed by atoms with Crippen LogP contribution in [0, 0.1) is 0 Å². The zero-order chi connectivity index (χ0) is 19.7. The molecule has 1 fully saturated rings. The Balaban J connectivity index is 1.64. The van der Waals surface area contributed by atoms with Crippen LogP contribution in [0.5, 0.6) is 0 Å². The second kappa shape index (κ2) is 7.67. The molecule has 3 aromatic rings. The molecule has 0 radical (unpaired) electrons. The summed E-state index contributed by atoms with van der Waals surface area (Å²) in [6.07, 6.45) is 2.04. The van der Waals surface area contributed by atoms with Crippen molar-refractivity contribution in [3.8, 4) is 0 Å². The SMILES string of the molecule is CC(C)(C)c1nc(CSc2nc3ccccc3c(=O)n2C[C@@H]2CCCO2)no1. The predicted molar refractivity (Wildman–Crippen MR) is 108 cm³/mol. The summed E-state index contributed by atoms with van der Waals surface area (Å²) in [7, 11) is 0. The van der Waals surface area contributed by atoms with E-state index in [1.807, 2.05) is 45.0 Å². The van der Waals surface area contributed by atoms with Crippen LogP contribution in [0.15, 0.2) is 38.7 Å². The Labute approximate surface area is 167 Å². The summed E-state index contributed by atoms with van der Waals surface area (Å²) in [5.41, 5.74) is 0.466. The van der Waals surface area contributed by atoms with Crippen LogP contribution in [0.25, 0.3) is 10.9 Å². The highest BCUT2D eigenvalue weighted by Crippen LogP contribution is 2.25. The van der Waals surface area contributed by atoms with Gasteiger partial charge < -0.3 is 9.26 Å². The first-order valence-corrected chi connectivity index (χ1v) is 10.5. The molecule has 148 valence electrons. The molecule has 1 aliphatic rings. The predicted octanol–water partition coefficient (Wildman–Crippen LogP) is 3.55. The van der Waals surface area contributed by atoms with Gasteiger partial charge in [-0.2, -0.15) is 4.98 Å². The smallest absolute Gasteiger partial charge is 0.262 e. The number of benzene rings is 1. The van der Waals surface area contributed by atoms with Gasteiger partial charge in [-0.25, -0.2) is 4.98 Å². The van der Waals surface area contributed by atoms with Crippen LogP contribution in [0.4, 0.5) is 0 Å². The van der Waals surface area contributed by atoms with Gasteiger partial charge in [-0.1, -0.05) is 49.8 Å². The number of nitrogens with zero attached hydrogens (tertiary/aromatic N) is 4. The lowest BCUT2D eigenvalue weighted by Crippen LogP contribution is -2.28. The van der Waals surface area contributed by atoms with Crippen molar-refractivity contribution in [1.82, 2.24) is 19.7 Å². The molecule has 0 amide bonds. The summed E-state index contributed by atoms with van der Waals surface area (Å²) in [6, 6.07) is 7.44. The van der Waals surface area contributed by atoms with Gasteiger partial charge in [0.1, 0.15) is 0 Å². The normalized spacial score (nSPS) is 17.5. The van der Waals surface area contributed by atoms with E-state index in [1.165, 1.54) is 11.8 Å². The molecule has 4 rings (SSSR count). The van der Waals surface area contributed by atoms with E-state index >= 15 is 0 Å².